The van der Waals surface area contributed by atoms with Gasteiger partial charge in [0.25, 0.3) is 11.7 Å². The second-order valence-electron chi connectivity index (χ2n) is 6.01. The topological polar surface area (TPSA) is 86.4 Å². The Kier molecular flexibility index (Phi) is 4.63. The molecule has 2 aromatic rings. The number of fused-ring (bicyclic) bond motifs is 1. The van der Waals surface area contributed by atoms with E-state index in [2.05, 4.69) is 20.8 Å². The number of piperazine rings is 1. The minimum atomic E-state index is -0.621. The van der Waals surface area contributed by atoms with Crippen LogP contribution < -0.4 is 0 Å². The van der Waals surface area contributed by atoms with E-state index in [0.717, 1.165) is 13.1 Å². The van der Waals surface area contributed by atoms with Gasteiger partial charge in [-0.1, -0.05) is 5.92 Å². The normalized spacial score (nSPS) is 15.1. The van der Waals surface area contributed by atoms with Crippen LogP contribution in [0, 0.1) is 12.3 Å². The van der Waals surface area contributed by atoms with Crippen molar-refractivity contribution in [2.75, 3.05) is 33.2 Å². The number of terminal acetylenes is 1. The molecule has 0 bridgehead atoms. The predicted octanol–water partition coefficient (Wildman–Crippen LogP) is 0.726. The number of carbonyl (C=O) groups excluding carboxylic acids is 3. The number of carbonyl (C=O) groups is 3. The zero-order valence-electron chi connectivity index (χ0n) is 13.9. The summed E-state index contributed by atoms with van der Waals surface area (Å²) < 4.78 is 0. The van der Waals surface area contributed by atoms with Gasteiger partial charge in [-0.25, -0.2) is 0 Å². The first-order valence-corrected chi connectivity index (χ1v) is 7.98. The molecule has 1 aliphatic heterocycles. The summed E-state index contributed by atoms with van der Waals surface area (Å²) in [7, 11) is 1.97. The number of nitrogens with one attached hydrogen (secondary N) is 1. The maximum atomic E-state index is 12.6. The Morgan fingerprint density at radius 3 is 2.64 bits per heavy atom. The molecule has 128 valence electrons. The Balaban J connectivity index is 1.90. The maximum absolute atomic E-state index is 12.6. The summed E-state index contributed by atoms with van der Waals surface area (Å²) in [6.07, 6.45) is 8.02. The molecule has 0 spiro atoms. The van der Waals surface area contributed by atoms with E-state index in [1.165, 1.54) is 12.4 Å². The van der Waals surface area contributed by atoms with Gasteiger partial charge in [0.15, 0.2) is 5.78 Å². The monoisotopic (exact) mass is 338 g/mol. The Bertz CT molecular complexity index is 885. The third kappa shape index (κ3) is 3.16. The van der Waals surface area contributed by atoms with Gasteiger partial charge in [0.1, 0.15) is 0 Å². The van der Waals surface area contributed by atoms with Crippen molar-refractivity contribution in [1.29, 1.82) is 0 Å². The first kappa shape index (κ1) is 16.9. The van der Waals surface area contributed by atoms with Crippen molar-refractivity contribution >= 4 is 28.5 Å². The lowest BCUT2D eigenvalue weighted by Gasteiger charge is -2.31. The maximum Gasteiger partial charge on any atom is 0.295 e. The number of amides is 1. The fraction of sp³-hybridized carbons (Fsp3) is 0.333. The van der Waals surface area contributed by atoms with Crippen molar-refractivity contribution < 1.29 is 14.4 Å². The highest BCUT2D eigenvalue weighted by atomic mass is 16.2. The summed E-state index contributed by atoms with van der Waals surface area (Å²) in [6, 6.07) is 1.55. The number of ketones is 2. The van der Waals surface area contributed by atoms with Crippen molar-refractivity contribution in [2.24, 2.45) is 0 Å². The standard InChI is InChI=1S/C18H18N4O3/c1-3-4-14(23)12-5-6-19-16-13(11-20-15(12)16)17(24)18(25)22-9-7-21(2)8-10-22/h1,5-6,11,20H,4,7-10H2,2H3. The van der Waals surface area contributed by atoms with Crippen LogP contribution in [-0.2, 0) is 4.79 Å². The number of hydrogen-bond acceptors (Lipinski definition) is 5. The second kappa shape index (κ2) is 6.87. The van der Waals surface area contributed by atoms with Crippen LogP contribution in [0.5, 0.6) is 0 Å². The third-order valence-electron chi connectivity index (χ3n) is 4.36. The molecule has 7 heteroatoms. The number of pyridine rings is 1. The summed E-state index contributed by atoms with van der Waals surface area (Å²) in [4.78, 5) is 47.9. The Morgan fingerprint density at radius 1 is 1.24 bits per heavy atom. The van der Waals surface area contributed by atoms with Crippen LogP contribution in [0.25, 0.3) is 11.0 Å². The molecule has 0 unspecified atom stereocenters. The lowest BCUT2D eigenvalue weighted by molar-refractivity contribution is -0.127. The molecule has 1 amide bonds. The van der Waals surface area contributed by atoms with Gasteiger partial charge in [-0.05, 0) is 13.1 Å². The van der Waals surface area contributed by atoms with E-state index < -0.39 is 11.7 Å². The van der Waals surface area contributed by atoms with E-state index in [9.17, 15) is 14.4 Å². The molecule has 7 nitrogen and oxygen atoms in total. The molecule has 0 radical (unpaired) electrons. The molecule has 25 heavy (non-hydrogen) atoms. The van der Waals surface area contributed by atoms with E-state index in [1.807, 2.05) is 7.05 Å². The summed E-state index contributed by atoms with van der Waals surface area (Å²) in [5, 5.41) is 0. The highest BCUT2D eigenvalue weighted by Gasteiger charge is 2.28. The van der Waals surface area contributed by atoms with Crippen LogP contribution in [0.3, 0.4) is 0 Å². The second-order valence-corrected chi connectivity index (χ2v) is 6.01. The number of likely N-dealkylation sites (N-methyl/N-ethyl adjacent to an activating group) is 1. The number of H-pyrrole nitrogens is 1. The summed E-state index contributed by atoms with van der Waals surface area (Å²) in [6.45, 7) is 2.50. The van der Waals surface area contributed by atoms with Gasteiger partial charge in [0, 0.05) is 44.1 Å². The summed E-state index contributed by atoms with van der Waals surface area (Å²) >= 11 is 0. The molecule has 0 aromatic carbocycles. The van der Waals surface area contributed by atoms with Gasteiger partial charge < -0.3 is 14.8 Å². The zero-order chi connectivity index (χ0) is 18.0. The molecule has 1 fully saturated rings. The van der Waals surface area contributed by atoms with Gasteiger partial charge >= 0.3 is 0 Å². The average Bonchev–Trinajstić information content (AvgIpc) is 3.05. The summed E-state index contributed by atoms with van der Waals surface area (Å²) in [5.74, 6) is 0.909. The molecule has 3 rings (SSSR count). The molecular weight excluding hydrogens is 320 g/mol. The quantitative estimate of drug-likeness (QED) is 0.504. The fourth-order valence-corrected chi connectivity index (χ4v) is 2.89. The minimum Gasteiger partial charge on any atom is -0.359 e. The Labute approximate surface area is 145 Å². The fourth-order valence-electron chi connectivity index (χ4n) is 2.89. The molecule has 0 saturated carbocycles. The van der Waals surface area contributed by atoms with Gasteiger partial charge in [-0.15, -0.1) is 6.42 Å². The van der Waals surface area contributed by atoms with Crippen LogP contribution >= 0.6 is 0 Å². The van der Waals surface area contributed by atoms with E-state index in [1.54, 1.807) is 11.0 Å². The largest absolute Gasteiger partial charge is 0.359 e. The van der Waals surface area contributed by atoms with Crippen LogP contribution in [0.4, 0.5) is 0 Å². The van der Waals surface area contributed by atoms with Crippen molar-refractivity contribution in [2.45, 2.75) is 6.42 Å². The number of aromatic nitrogens is 2. The minimum absolute atomic E-state index is 0.0400. The number of rotatable bonds is 4. The van der Waals surface area contributed by atoms with Crippen molar-refractivity contribution in [3.05, 3.63) is 29.6 Å². The van der Waals surface area contributed by atoms with E-state index >= 15 is 0 Å². The highest BCUT2D eigenvalue weighted by molar-refractivity contribution is 6.44. The molecule has 2 aromatic heterocycles. The molecule has 3 heterocycles. The predicted molar refractivity (Wildman–Crippen MR) is 92.3 cm³/mol. The zero-order valence-corrected chi connectivity index (χ0v) is 13.9. The number of Topliss-reactive ketones (excluding diaryl/α,β-unsaturated/α-hetero) is 2. The van der Waals surface area contributed by atoms with Crippen molar-refractivity contribution in [3.8, 4) is 12.3 Å². The lowest BCUT2D eigenvalue weighted by Crippen LogP contribution is -2.49. The molecule has 1 aliphatic rings. The van der Waals surface area contributed by atoms with Crippen LogP contribution in [0.15, 0.2) is 18.5 Å². The first-order chi connectivity index (χ1) is 12.0. The van der Waals surface area contributed by atoms with Gasteiger partial charge in [-0.3, -0.25) is 19.4 Å². The van der Waals surface area contributed by atoms with Gasteiger partial charge in [-0.2, -0.15) is 0 Å². The van der Waals surface area contributed by atoms with Crippen LogP contribution in [0.1, 0.15) is 27.1 Å². The van der Waals surface area contributed by atoms with Crippen LogP contribution in [-0.4, -0.2) is 70.5 Å². The smallest absolute Gasteiger partial charge is 0.295 e. The molecule has 1 N–H and O–H groups in total. The van der Waals surface area contributed by atoms with Gasteiger partial charge in [0.05, 0.1) is 23.0 Å². The van der Waals surface area contributed by atoms with E-state index in [4.69, 9.17) is 6.42 Å². The highest BCUT2D eigenvalue weighted by Crippen LogP contribution is 2.21. The molecular formula is C18H18N4O3. The van der Waals surface area contributed by atoms with Crippen molar-refractivity contribution in [3.63, 3.8) is 0 Å². The Hall–Kier alpha value is -2.98. The number of hydrogen-bond donors (Lipinski definition) is 1. The molecule has 0 atom stereocenters. The van der Waals surface area contributed by atoms with E-state index in [0.29, 0.717) is 29.7 Å². The van der Waals surface area contributed by atoms with Crippen molar-refractivity contribution in [1.82, 2.24) is 19.8 Å². The van der Waals surface area contributed by atoms with E-state index in [-0.39, 0.29) is 17.8 Å². The average molecular weight is 338 g/mol. The number of aromatic amines is 1. The third-order valence-corrected chi connectivity index (χ3v) is 4.36. The first-order valence-electron chi connectivity index (χ1n) is 7.98. The van der Waals surface area contributed by atoms with Crippen LogP contribution in [0.2, 0.25) is 0 Å². The SMILES string of the molecule is C#CCC(=O)c1ccnc2c(C(=O)C(=O)N3CCN(C)CC3)c[nH]c12. The molecule has 1 saturated heterocycles. The summed E-state index contributed by atoms with van der Waals surface area (Å²) in [5.41, 5.74) is 1.29. The Morgan fingerprint density at radius 2 is 1.96 bits per heavy atom. The van der Waals surface area contributed by atoms with Gasteiger partial charge in [0.2, 0.25) is 0 Å². The number of nitrogens with zero attached hydrogens (tertiary/aromatic N) is 3. The lowest BCUT2D eigenvalue weighted by atomic mass is 10.1. The molecule has 0 aliphatic carbocycles.